The molecule has 0 bridgehead atoms. The number of alkyl halides is 3. The molecule has 2 N–H and O–H groups in total. The molecule has 3 saturated carbocycles. The van der Waals surface area contributed by atoms with Gasteiger partial charge in [-0.3, -0.25) is 9.59 Å². The molecule has 0 saturated heterocycles. The fourth-order valence-corrected chi connectivity index (χ4v) is 8.76. The van der Waals surface area contributed by atoms with Crippen LogP contribution in [0.3, 0.4) is 0 Å². The lowest BCUT2D eigenvalue weighted by Gasteiger charge is -2.56. The van der Waals surface area contributed by atoms with Crippen molar-refractivity contribution in [3.8, 4) is 0 Å². The van der Waals surface area contributed by atoms with E-state index < -0.39 is 25.8 Å². The summed E-state index contributed by atoms with van der Waals surface area (Å²) in [6, 6.07) is 0. The highest BCUT2D eigenvalue weighted by atomic mass is 28.4. The molecule has 0 heterocycles. The van der Waals surface area contributed by atoms with Crippen molar-refractivity contribution >= 4 is 20.0 Å². The summed E-state index contributed by atoms with van der Waals surface area (Å²) in [6.07, 6.45) is -0.618. The minimum Gasteiger partial charge on any atom is -0.515 e. The number of Topliss-reactive ketones (excluding diaryl/α,β-unsaturated/α-hetero) is 1. The molecule has 0 radical (unpaired) electrons. The van der Waals surface area contributed by atoms with Gasteiger partial charge in [-0.15, -0.1) is 0 Å². The monoisotopic (exact) mass is 559 g/mol. The first-order chi connectivity index (χ1) is 17.3. The van der Waals surface area contributed by atoms with Crippen LogP contribution in [-0.2, 0) is 14.0 Å². The summed E-state index contributed by atoms with van der Waals surface area (Å²) in [7, 11) is -2.12. The summed E-state index contributed by atoms with van der Waals surface area (Å²) in [4.78, 5) is 24.8. The van der Waals surface area contributed by atoms with Crippen molar-refractivity contribution in [1.82, 2.24) is 5.32 Å². The fourth-order valence-electron chi connectivity index (χ4n) is 7.71. The minimum atomic E-state index is -4.92. The smallest absolute Gasteiger partial charge is 0.471 e. The number of carbonyl (C=O) groups is 2. The van der Waals surface area contributed by atoms with Crippen molar-refractivity contribution < 1.29 is 32.3 Å². The molecule has 38 heavy (non-hydrogen) atoms. The first-order valence-corrected chi connectivity index (χ1v) is 17.1. The summed E-state index contributed by atoms with van der Waals surface area (Å²) in [5, 5.41) is 12.1. The normalized spacial score (nSPS) is 37.8. The van der Waals surface area contributed by atoms with Gasteiger partial charge in [-0.25, -0.2) is 0 Å². The number of aliphatic hydroxyl groups is 1. The standard InChI is InChI=1S/C29H48F3NO4Si/c1-17-9-10-21-22(14-33-26(36)29(30,31)32)23(11-18(2)25(17)21)28(6)13-19(15-34)24(35)12-20(28)16-37-38(7,8)27(3,4)5/h15,17-18,20-23,25,34H,9-14,16H2,1-8H3,(H,33,36)/t17-,18+,20+,21+,22-,23-,25+,28-/m0/s1. The second-order valence-electron chi connectivity index (χ2n) is 14.2. The van der Waals surface area contributed by atoms with Gasteiger partial charge in [-0.2, -0.15) is 13.2 Å². The second-order valence-corrected chi connectivity index (χ2v) is 19.0. The van der Waals surface area contributed by atoms with Crippen LogP contribution in [0.5, 0.6) is 0 Å². The lowest BCUT2D eigenvalue weighted by atomic mass is 9.49. The maximum atomic E-state index is 13.1. The van der Waals surface area contributed by atoms with Crippen LogP contribution in [0, 0.1) is 46.8 Å². The summed E-state index contributed by atoms with van der Waals surface area (Å²) >= 11 is 0. The molecular formula is C29H48F3NO4Si. The average molecular weight is 560 g/mol. The molecule has 218 valence electrons. The van der Waals surface area contributed by atoms with Crippen molar-refractivity contribution in [1.29, 1.82) is 0 Å². The third-order valence-electron chi connectivity index (χ3n) is 11.0. The van der Waals surface area contributed by atoms with Crippen molar-refractivity contribution in [3.05, 3.63) is 11.8 Å². The third-order valence-corrected chi connectivity index (χ3v) is 15.5. The van der Waals surface area contributed by atoms with Gasteiger partial charge >= 0.3 is 12.1 Å². The highest BCUT2D eigenvalue weighted by Crippen LogP contribution is 2.61. The van der Waals surface area contributed by atoms with E-state index >= 15 is 0 Å². The van der Waals surface area contributed by atoms with E-state index in [4.69, 9.17) is 4.43 Å². The summed E-state index contributed by atoms with van der Waals surface area (Å²) in [5.74, 6) is -0.774. The highest BCUT2D eigenvalue weighted by molar-refractivity contribution is 6.74. The summed E-state index contributed by atoms with van der Waals surface area (Å²) in [5.41, 5.74) is -0.0903. The lowest BCUT2D eigenvalue weighted by molar-refractivity contribution is -0.174. The molecular weight excluding hydrogens is 511 g/mol. The molecule has 0 aromatic heterocycles. The van der Waals surface area contributed by atoms with Gasteiger partial charge in [0.25, 0.3) is 0 Å². The Bertz CT molecular complexity index is 928. The molecule has 3 fully saturated rings. The number of allylic oxidation sites excluding steroid dienone is 1. The van der Waals surface area contributed by atoms with Crippen LogP contribution in [0.2, 0.25) is 18.1 Å². The van der Waals surface area contributed by atoms with Crippen LogP contribution in [0.4, 0.5) is 13.2 Å². The Morgan fingerprint density at radius 2 is 1.82 bits per heavy atom. The average Bonchev–Trinajstić information content (AvgIpc) is 3.19. The van der Waals surface area contributed by atoms with Gasteiger partial charge in [0.15, 0.2) is 14.1 Å². The number of ketones is 1. The van der Waals surface area contributed by atoms with Gasteiger partial charge in [0.05, 0.1) is 6.26 Å². The van der Waals surface area contributed by atoms with E-state index in [1.807, 2.05) is 0 Å². The lowest BCUT2D eigenvalue weighted by Crippen LogP contribution is -2.55. The zero-order valence-electron chi connectivity index (χ0n) is 24.4. The Kier molecular flexibility index (Phi) is 8.95. The second kappa shape index (κ2) is 10.9. The summed E-state index contributed by atoms with van der Waals surface area (Å²) in [6.45, 7) is 17.9. The first kappa shape index (κ1) is 31.2. The molecule has 0 spiro atoms. The molecule has 5 nitrogen and oxygen atoms in total. The number of halogens is 3. The number of hydrogen-bond donors (Lipinski definition) is 2. The van der Waals surface area contributed by atoms with E-state index in [1.165, 1.54) is 0 Å². The molecule has 0 unspecified atom stereocenters. The fraction of sp³-hybridized carbons (Fsp3) is 0.862. The van der Waals surface area contributed by atoms with E-state index in [2.05, 4.69) is 60.0 Å². The minimum absolute atomic E-state index is 0.00475. The van der Waals surface area contributed by atoms with E-state index in [9.17, 15) is 27.9 Å². The molecule has 3 aliphatic rings. The zero-order valence-corrected chi connectivity index (χ0v) is 25.4. The van der Waals surface area contributed by atoms with Gasteiger partial charge in [-0.05, 0) is 84.2 Å². The third kappa shape index (κ3) is 6.03. The molecule has 9 heteroatoms. The van der Waals surface area contributed by atoms with Crippen LogP contribution in [0.15, 0.2) is 11.8 Å². The molecule has 3 rings (SSSR count). The van der Waals surface area contributed by atoms with Crippen LogP contribution < -0.4 is 5.32 Å². The summed E-state index contributed by atoms with van der Waals surface area (Å²) < 4.78 is 46.0. The largest absolute Gasteiger partial charge is 0.515 e. The van der Waals surface area contributed by atoms with Crippen molar-refractivity contribution in [2.45, 2.75) is 98.0 Å². The number of hydrogen-bond acceptors (Lipinski definition) is 4. The van der Waals surface area contributed by atoms with Crippen LogP contribution >= 0.6 is 0 Å². The Hall–Kier alpha value is -1.35. The SMILES string of the molecule is C[C@@H]1C[C@H]([C@@]2(C)CC(=CO)C(=O)C[C@@H]2CO[Si](C)(C)C(C)(C)C)[C@@H](CNC(=O)C(F)(F)F)[C@H]2CC[C@H](C)[C@@H]21. The molecule has 0 aromatic rings. The Balaban J connectivity index is 1.99. The quantitative estimate of drug-likeness (QED) is 0.208. The first-order valence-electron chi connectivity index (χ1n) is 14.2. The number of aliphatic hydroxyl groups excluding tert-OH is 1. The van der Waals surface area contributed by atoms with E-state index in [1.54, 1.807) is 0 Å². The maximum absolute atomic E-state index is 13.1. The molecule has 0 aromatic carbocycles. The molecule has 3 aliphatic carbocycles. The Morgan fingerprint density at radius 3 is 2.37 bits per heavy atom. The van der Waals surface area contributed by atoms with E-state index in [-0.39, 0.29) is 47.5 Å². The van der Waals surface area contributed by atoms with Gasteiger partial charge in [0.2, 0.25) is 0 Å². The van der Waals surface area contributed by atoms with Crippen LogP contribution in [-0.4, -0.2) is 44.4 Å². The van der Waals surface area contributed by atoms with Gasteiger partial charge in [0, 0.05) is 25.1 Å². The van der Waals surface area contributed by atoms with Gasteiger partial charge in [0.1, 0.15) is 0 Å². The molecule has 0 aliphatic heterocycles. The Labute approximate surface area is 227 Å². The van der Waals surface area contributed by atoms with E-state index in [0.717, 1.165) is 25.5 Å². The highest BCUT2D eigenvalue weighted by Gasteiger charge is 2.57. The predicted molar refractivity (Wildman–Crippen MR) is 145 cm³/mol. The molecule has 8 atom stereocenters. The number of amides is 1. The van der Waals surface area contributed by atoms with Crippen LogP contribution in [0.25, 0.3) is 0 Å². The number of carbonyl (C=O) groups excluding carboxylic acids is 2. The number of fused-ring (bicyclic) bond motifs is 1. The number of nitrogens with one attached hydrogen (secondary N) is 1. The van der Waals surface area contributed by atoms with Crippen molar-refractivity contribution in [3.63, 3.8) is 0 Å². The van der Waals surface area contributed by atoms with Crippen molar-refractivity contribution in [2.24, 2.45) is 46.8 Å². The van der Waals surface area contributed by atoms with Gasteiger partial charge < -0.3 is 14.8 Å². The topological polar surface area (TPSA) is 75.6 Å². The van der Waals surface area contributed by atoms with Gasteiger partial charge in [-0.1, -0.05) is 48.0 Å². The van der Waals surface area contributed by atoms with E-state index in [0.29, 0.717) is 36.4 Å². The van der Waals surface area contributed by atoms with Crippen molar-refractivity contribution in [2.75, 3.05) is 13.2 Å². The predicted octanol–water partition coefficient (Wildman–Crippen LogP) is 7.05. The zero-order chi connectivity index (χ0) is 28.8. The number of rotatable bonds is 6. The Morgan fingerprint density at radius 1 is 1.18 bits per heavy atom. The molecule has 1 amide bonds. The van der Waals surface area contributed by atoms with Crippen LogP contribution in [0.1, 0.15) is 73.6 Å². The maximum Gasteiger partial charge on any atom is 0.471 e.